The Morgan fingerprint density at radius 3 is 2.62 bits per heavy atom. The minimum atomic E-state index is 0.377. The lowest BCUT2D eigenvalue weighted by molar-refractivity contribution is 0.360. The molecule has 1 saturated heterocycles. The van der Waals surface area contributed by atoms with E-state index >= 15 is 0 Å². The summed E-state index contributed by atoms with van der Waals surface area (Å²) >= 11 is 0. The van der Waals surface area contributed by atoms with E-state index in [0.29, 0.717) is 5.54 Å². The van der Waals surface area contributed by atoms with E-state index in [0.717, 1.165) is 0 Å². The molecular weight excluding hydrogens is 194 g/mol. The van der Waals surface area contributed by atoms with E-state index in [-0.39, 0.29) is 0 Å². The highest BCUT2D eigenvalue weighted by molar-refractivity contribution is 5.31. The van der Waals surface area contributed by atoms with Crippen molar-refractivity contribution in [3.05, 3.63) is 34.9 Å². The Morgan fingerprint density at radius 2 is 2.06 bits per heavy atom. The van der Waals surface area contributed by atoms with E-state index in [9.17, 15) is 0 Å². The molecule has 1 aromatic rings. The van der Waals surface area contributed by atoms with Gasteiger partial charge < -0.3 is 5.32 Å². The minimum absolute atomic E-state index is 0.377. The molecular formula is C15H23N. The average molecular weight is 217 g/mol. The molecule has 1 N–H and O–H groups in total. The SMILES string of the molecule is CCC1(Cc2ccc(C)c(C)c2)CCCN1. The van der Waals surface area contributed by atoms with Crippen molar-refractivity contribution in [2.45, 2.75) is 52.0 Å². The standard InChI is InChI=1S/C15H23N/c1-4-15(8-5-9-16-15)11-14-7-6-12(2)13(3)10-14/h6-7,10,16H,4-5,8-9,11H2,1-3H3. The van der Waals surface area contributed by atoms with Crippen LogP contribution in [0.5, 0.6) is 0 Å². The Balaban J connectivity index is 2.16. The molecule has 1 heteroatoms. The molecule has 1 fully saturated rings. The molecule has 1 nitrogen and oxygen atoms in total. The van der Waals surface area contributed by atoms with Gasteiger partial charge in [0.15, 0.2) is 0 Å². The van der Waals surface area contributed by atoms with Crippen molar-refractivity contribution in [3.8, 4) is 0 Å². The van der Waals surface area contributed by atoms with Crippen molar-refractivity contribution in [2.24, 2.45) is 0 Å². The van der Waals surface area contributed by atoms with Gasteiger partial charge in [0.05, 0.1) is 0 Å². The Labute approximate surface area is 99.3 Å². The van der Waals surface area contributed by atoms with Gasteiger partial charge in [-0.3, -0.25) is 0 Å². The molecule has 1 unspecified atom stereocenters. The predicted molar refractivity (Wildman–Crippen MR) is 69.9 cm³/mol. The first-order valence-corrected chi connectivity index (χ1v) is 6.46. The van der Waals surface area contributed by atoms with Crippen molar-refractivity contribution in [3.63, 3.8) is 0 Å². The third-order valence-electron chi connectivity index (χ3n) is 4.12. The van der Waals surface area contributed by atoms with Crippen LogP contribution in [0.25, 0.3) is 0 Å². The van der Waals surface area contributed by atoms with Gasteiger partial charge in [0.2, 0.25) is 0 Å². The fraction of sp³-hybridized carbons (Fsp3) is 0.600. The zero-order chi connectivity index (χ0) is 11.6. The van der Waals surface area contributed by atoms with Gasteiger partial charge in [-0.2, -0.15) is 0 Å². The van der Waals surface area contributed by atoms with Crippen LogP contribution in [0.3, 0.4) is 0 Å². The van der Waals surface area contributed by atoms with Crippen molar-refractivity contribution in [1.29, 1.82) is 0 Å². The van der Waals surface area contributed by atoms with Crippen LogP contribution in [0.4, 0.5) is 0 Å². The van der Waals surface area contributed by atoms with Crippen LogP contribution in [0.2, 0.25) is 0 Å². The van der Waals surface area contributed by atoms with Gasteiger partial charge in [-0.1, -0.05) is 25.1 Å². The van der Waals surface area contributed by atoms with Gasteiger partial charge in [0.25, 0.3) is 0 Å². The molecule has 1 aliphatic heterocycles. The molecule has 1 heterocycles. The van der Waals surface area contributed by atoms with Crippen LogP contribution in [0.1, 0.15) is 42.9 Å². The quantitative estimate of drug-likeness (QED) is 0.818. The maximum Gasteiger partial charge on any atom is 0.0219 e. The summed E-state index contributed by atoms with van der Waals surface area (Å²) in [5, 5.41) is 3.70. The summed E-state index contributed by atoms with van der Waals surface area (Å²) in [6, 6.07) is 6.90. The van der Waals surface area contributed by atoms with Crippen LogP contribution in [-0.4, -0.2) is 12.1 Å². The van der Waals surface area contributed by atoms with E-state index in [2.05, 4.69) is 44.3 Å². The molecule has 0 radical (unpaired) electrons. The predicted octanol–water partition coefficient (Wildman–Crippen LogP) is 3.38. The second-order valence-corrected chi connectivity index (χ2v) is 5.26. The molecule has 16 heavy (non-hydrogen) atoms. The van der Waals surface area contributed by atoms with E-state index in [1.54, 1.807) is 0 Å². The van der Waals surface area contributed by atoms with Crippen molar-refractivity contribution < 1.29 is 0 Å². The van der Waals surface area contributed by atoms with Gasteiger partial charge in [0, 0.05) is 5.54 Å². The molecule has 0 amide bonds. The van der Waals surface area contributed by atoms with Crippen molar-refractivity contribution in [2.75, 3.05) is 6.54 Å². The monoisotopic (exact) mass is 217 g/mol. The molecule has 0 bridgehead atoms. The van der Waals surface area contributed by atoms with Crippen LogP contribution in [-0.2, 0) is 6.42 Å². The first kappa shape index (κ1) is 11.7. The average Bonchev–Trinajstić information content (AvgIpc) is 2.73. The summed E-state index contributed by atoms with van der Waals surface area (Å²) in [6.45, 7) is 7.89. The summed E-state index contributed by atoms with van der Waals surface area (Å²) in [7, 11) is 0. The smallest absolute Gasteiger partial charge is 0.0219 e. The molecule has 0 aliphatic carbocycles. The van der Waals surface area contributed by atoms with E-state index in [4.69, 9.17) is 0 Å². The number of rotatable bonds is 3. The lowest BCUT2D eigenvalue weighted by Gasteiger charge is -2.28. The molecule has 0 spiro atoms. The summed E-state index contributed by atoms with van der Waals surface area (Å²) in [4.78, 5) is 0. The number of nitrogens with one attached hydrogen (secondary N) is 1. The number of hydrogen-bond acceptors (Lipinski definition) is 1. The van der Waals surface area contributed by atoms with E-state index in [1.807, 2.05) is 0 Å². The van der Waals surface area contributed by atoms with Crippen LogP contribution >= 0.6 is 0 Å². The highest BCUT2D eigenvalue weighted by atomic mass is 15.0. The first-order chi connectivity index (χ1) is 7.65. The maximum absolute atomic E-state index is 3.70. The lowest BCUT2D eigenvalue weighted by atomic mass is 9.86. The third kappa shape index (κ3) is 2.30. The fourth-order valence-corrected chi connectivity index (χ4v) is 2.75. The zero-order valence-electron chi connectivity index (χ0n) is 10.8. The Hall–Kier alpha value is -0.820. The molecule has 0 aromatic heterocycles. The number of benzene rings is 1. The number of hydrogen-bond donors (Lipinski definition) is 1. The topological polar surface area (TPSA) is 12.0 Å². The summed E-state index contributed by atoms with van der Waals surface area (Å²) in [5.41, 5.74) is 4.68. The lowest BCUT2D eigenvalue weighted by Crippen LogP contribution is -2.41. The molecule has 1 aliphatic rings. The van der Waals surface area contributed by atoms with Crippen LogP contribution < -0.4 is 5.32 Å². The van der Waals surface area contributed by atoms with Crippen LogP contribution in [0.15, 0.2) is 18.2 Å². The molecule has 0 saturated carbocycles. The summed E-state index contributed by atoms with van der Waals surface area (Å²) < 4.78 is 0. The Kier molecular flexibility index (Phi) is 3.34. The summed E-state index contributed by atoms with van der Waals surface area (Å²) in [6.07, 6.45) is 5.08. The largest absolute Gasteiger partial charge is 0.311 e. The van der Waals surface area contributed by atoms with Gasteiger partial charge in [-0.15, -0.1) is 0 Å². The maximum atomic E-state index is 3.70. The van der Waals surface area contributed by atoms with Gasteiger partial charge in [0.1, 0.15) is 0 Å². The molecule has 1 aromatic carbocycles. The second-order valence-electron chi connectivity index (χ2n) is 5.26. The Bertz CT molecular complexity index is 362. The van der Waals surface area contributed by atoms with Gasteiger partial charge in [-0.05, 0) is 62.8 Å². The third-order valence-corrected chi connectivity index (χ3v) is 4.12. The highest BCUT2D eigenvalue weighted by Gasteiger charge is 2.31. The molecule has 1 atom stereocenters. The molecule has 2 rings (SSSR count). The second kappa shape index (κ2) is 4.58. The van der Waals surface area contributed by atoms with E-state index in [1.165, 1.54) is 48.9 Å². The zero-order valence-corrected chi connectivity index (χ0v) is 10.8. The van der Waals surface area contributed by atoms with Crippen molar-refractivity contribution >= 4 is 0 Å². The highest BCUT2D eigenvalue weighted by Crippen LogP contribution is 2.27. The van der Waals surface area contributed by atoms with Gasteiger partial charge >= 0.3 is 0 Å². The van der Waals surface area contributed by atoms with E-state index < -0.39 is 0 Å². The number of aryl methyl sites for hydroxylation is 2. The normalized spacial score (nSPS) is 24.9. The molecule has 88 valence electrons. The van der Waals surface area contributed by atoms with Crippen molar-refractivity contribution in [1.82, 2.24) is 5.32 Å². The minimum Gasteiger partial charge on any atom is -0.311 e. The Morgan fingerprint density at radius 1 is 1.25 bits per heavy atom. The fourth-order valence-electron chi connectivity index (χ4n) is 2.75. The van der Waals surface area contributed by atoms with Crippen LogP contribution in [0, 0.1) is 13.8 Å². The van der Waals surface area contributed by atoms with Gasteiger partial charge in [-0.25, -0.2) is 0 Å². The first-order valence-electron chi connectivity index (χ1n) is 6.46. The summed E-state index contributed by atoms with van der Waals surface area (Å²) in [5.74, 6) is 0.